The van der Waals surface area contributed by atoms with E-state index in [9.17, 15) is 17.4 Å². The van der Waals surface area contributed by atoms with Crippen LogP contribution in [0.2, 0.25) is 0 Å². The number of nitrogens with zero attached hydrogens (tertiary/aromatic N) is 2. The summed E-state index contributed by atoms with van der Waals surface area (Å²) in [6.45, 7) is 11.2. The maximum atomic E-state index is 15.2. The van der Waals surface area contributed by atoms with Gasteiger partial charge in [-0.25, -0.2) is 4.39 Å². The molecular formula is C39H44F4N4O3S. The summed E-state index contributed by atoms with van der Waals surface area (Å²) in [4.78, 5) is 5.33. The zero-order valence-corrected chi connectivity index (χ0v) is 29.7. The van der Waals surface area contributed by atoms with Crippen LogP contribution in [0.3, 0.4) is 0 Å². The number of rotatable bonds is 11. The average molecular weight is 725 g/mol. The molecule has 2 heterocycles. The van der Waals surface area contributed by atoms with Gasteiger partial charge in [0.2, 0.25) is 0 Å². The molecular weight excluding hydrogens is 681 g/mol. The molecule has 1 atom stereocenters. The van der Waals surface area contributed by atoms with Crippen molar-refractivity contribution in [1.82, 2.24) is 20.4 Å². The van der Waals surface area contributed by atoms with E-state index in [1.54, 1.807) is 42.5 Å². The van der Waals surface area contributed by atoms with E-state index in [-0.39, 0.29) is 11.5 Å². The molecule has 51 heavy (non-hydrogen) atoms. The fraction of sp³-hybridized carbons (Fsp3) is 0.359. The number of piperazine rings is 2. The number of nitrogens with one attached hydrogen (secondary N) is 2. The molecule has 1 unspecified atom stereocenters. The van der Waals surface area contributed by atoms with E-state index < -0.39 is 26.9 Å². The van der Waals surface area contributed by atoms with Gasteiger partial charge in [-0.15, -0.1) is 0 Å². The lowest BCUT2D eigenvalue weighted by Gasteiger charge is -2.28. The number of halogens is 4. The van der Waals surface area contributed by atoms with Crippen molar-refractivity contribution in [2.45, 2.75) is 48.6 Å². The highest BCUT2D eigenvalue weighted by Crippen LogP contribution is 2.40. The SMILES string of the molecule is C=S(=O)(c1ccc(Oc2cc(CN3CCNCC3)ccc2C(C)(C)F)cc1)c1ccc(Oc2cc(CN3CCNCC3)ccc2C(F)(F)F)cc1. The van der Waals surface area contributed by atoms with Crippen molar-refractivity contribution < 1.29 is 31.2 Å². The first-order chi connectivity index (χ1) is 24.3. The zero-order chi connectivity index (χ0) is 36.2. The Hall–Kier alpha value is -3.94. The molecule has 2 N–H and O–H groups in total. The van der Waals surface area contributed by atoms with Gasteiger partial charge in [0.15, 0.2) is 0 Å². The Morgan fingerprint density at radius 3 is 1.43 bits per heavy atom. The minimum absolute atomic E-state index is 0.174. The van der Waals surface area contributed by atoms with Crippen LogP contribution in [0.5, 0.6) is 23.0 Å². The molecule has 2 saturated heterocycles. The first kappa shape index (κ1) is 36.8. The summed E-state index contributed by atoms with van der Waals surface area (Å²) in [5.41, 5.74) is -0.345. The lowest BCUT2D eigenvalue weighted by Crippen LogP contribution is -2.42. The van der Waals surface area contributed by atoms with E-state index in [2.05, 4.69) is 26.3 Å². The van der Waals surface area contributed by atoms with Gasteiger partial charge in [-0.3, -0.25) is 14.0 Å². The smallest absolute Gasteiger partial charge is 0.419 e. The van der Waals surface area contributed by atoms with Crippen molar-refractivity contribution >= 4 is 15.4 Å². The van der Waals surface area contributed by atoms with Crippen molar-refractivity contribution in [1.29, 1.82) is 0 Å². The van der Waals surface area contributed by atoms with E-state index in [1.807, 2.05) is 12.1 Å². The normalized spacial score (nSPS) is 17.5. The minimum Gasteiger partial charge on any atom is -0.457 e. The van der Waals surface area contributed by atoms with Crippen LogP contribution in [-0.2, 0) is 34.5 Å². The van der Waals surface area contributed by atoms with Crippen LogP contribution in [0.1, 0.15) is 36.1 Å². The molecule has 0 bridgehead atoms. The van der Waals surface area contributed by atoms with Gasteiger partial charge in [0, 0.05) is 90.3 Å². The fourth-order valence-corrected chi connectivity index (χ4v) is 7.75. The van der Waals surface area contributed by atoms with Gasteiger partial charge in [-0.2, -0.15) is 13.2 Å². The molecule has 4 aromatic rings. The molecule has 0 aromatic heterocycles. The standard InChI is InChI=1S/C39H44F4N4O3S/c1-38(2,40)34-14-4-28(26-46-20-16-44-17-21-46)24-36(34)49-30-6-10-32(11-7-30)51(3,48)33-12-8-31(9-13-33)50-37-25-29(5-15-35(37)39(41,42)43)27-47-22-18-45-19-23-47/h4-15,24-25,44-45H,3,16-23,26-27H2,1-2H3. The van der Waals surface area contributed by atoms with Crippen LogP contribution in [-0.4, -0.2) is 72.2 Å². The van der Waals surface area contributed by atoms with E-state index in [1.165, 1.54) is 38.1 Å². The number of ether oxygens (including phenoxy) is 2. The maximum absolute atomic E-state index is 15.2. The van der Waals surface area contributed by atoms with Crippen LogP contribution in [0.25, 0.3) is 0 Å². The number of hydrogen-bond acceptors (Lipinski definition) is 7. The first-order valence-corrected chi connectivity index (χ1v) is 18.8. The molecule has 0 saturated carbocycles. The van der Waals surface area contributed by atoms with Crippen LogP contribution >= 0.6 is 0 Å². The molecule has 12 heteroatoms. The Morgan fingerprint density at radius 1 is 0.647 bits per heavy atom. The quantitative estimate of drug-likeness (QED) is 0.123. The summed E-state index contributed by atoms with van der Waals surface area (Å²) in [5, 5.41) is 6.61. The van der Waals surface area contributed by atoms with Gasteiger partial charge in [0.1, 0.15) is 28.7 Å². The van der Waals surface area contributed by atoms with Crippen molar-refractivity contribution in [3.63, 3.8) is 0 Å². The van der Waals surface area contributed by atoms with Crippen LogP contribution in [0, 0.1) is 0 Å². The molecule has 0 aliphatic carbocycles. The minimum atomic E-state index is -4.60. The Bertz CT molecular complexity index is 1770. The summed E-state index contributed by atoms with van der Waals surface area (Å²) in [6, 6.07) is 22.3. The summed E-state index contributed by atoms with van der Waals surface area (Å²) in [7, 11) is -3.00. The fourth-order valence-electron chi connectivity index (χ4n) is 6.32. The number of hydrogen-bond donors (Lipinski definition) is 2. The molecule has 6 rings (SSSR count). The highest BCUT2D eigenvalue weighted by Gasteiger charge is 2.35. The average Bonchev–Trinajstić information content (AvgIpc) is 3.09. The predicted molar refractivity (Wildman–Crippen MR) is 193 cm³/mol. The molecule has 0 spiro atoms. The molecule has 0 amide bonds. The molecule has 4 aromatic carbocycles. The van der Waals surface area contributed by atoms with E-state index in [0.717, 1.165) is 76.1 Å². The second-order valence-corrected chi connectivity index (χ2v) is 15.8. The number of alkyl halides is 4. The molecule has 0 radical (unpaired) electrons. The molecule has 7 nitrogen and oxygen atoms in total. The van der Waals surface area contributed by atoms with Crippen LogP contribution in [0.15, 0.2) is 94.7 Å². The Balaban J connectivity index is 1.17. The van der Waals surface area contributed by atoms with Gasteiger partial charge < -0.3 is 20.1 Å². The van der Waals surface area contributed by atoms with E-state index >= 15 is 4.39 Å². The van der Waals surface area contributed by atoms with E-state index in [4.69, 9.17) is 9.47 Å². The third-order valence-corrected chi connectivity index (χ3v) is 11.2. The summed E-state index contributed by atoms with van der Waals surface area (Å²) in [6.07, 6.45) is -4.60. The molecule has 2 aliphatic heterocycles. The van der Waals surface area contributed by atoms with Gasteiger partial charge in [-0.1, -0.05) is 18.2 Å². The van der Waals surface area contributed by atoms with Gasteiger partial charge in [0.25, 0.3) is 0 Å². The first-order valence-electron chi connectivity index (χ1n) is 17.1. The van der Waals surface area contributed by atoms with Crippen molar-refractivity contribution in [3.8, 4) is 23.0 Å². The number of benzene rings is 4. The third kappa shape index (κ3) is 9.30. The lowest BCUT2D eigenvalue weighted by atomic mass is 9.97. The van der Waals surface area contributed by atoms with E-state index in [0.29, 0.717) is 33.4 Å². The second-order valence-electron chi connectivity index (χ2n) is 13.5. The molecule has 2 aliphatic rings. The van der Waals surface area contributed by atoms with Crippen molar-refractivity contribution in [3.05, 3.63) is 107 Å². The van der Waals surface area contributed by atoms with Crippen LogP contribution in [0.4, 0.5) is 17.6 Å². The lowest BCUT2D eigenvalue weighted by molar-refractivity contribution is -0.138. The van der Waals surface area contributed by atoms with Gasteiger partial charge in [-0.05, 0) is 97.6 Å². The van der Waals surface area contributed by atoms with Gasteiger partial charge >= 0.3 is 6.18 Å². The predicted octanol–water partition coefficient (Wildman–Crippen LogP) is 7.44. The Labute approximate surface area is 297 Å². The highest BCUT2D eigenvalue weighted by atomic mass is 32.2. The largest absolute Gasteiger partial charge is 0.457 e. The molecule has 272 valence electrons. The third-order valence-electron chi connectivity index (χ3n) is 9.13. The Morgan fingerprint density at radius 2 is 1.04 bits per heavy atom. The van der Waals surface area contributed by atoms with Gasteiger partial charge in [0.05, 0.1) is 5.56 Å². The topological polar surface area (TPSA) is 66.1 Å². The monoisotopic (exact) mass is 724 g/mol. The zero-order valence-electron chi connectivity index (χ0n) is 28.9. The molecule has 2 fully saturated rings. The summed E-state index contributed by atoms with van der Waals surface area (Å²) >= 11 is 0. The van der Waals surface area contributed by atoms with Crippen molar-refractivity contribution in [2.75, 3.05) is 52.4 Å². The summed E-state index contributed by atoms with van der Waals surface area (Å²) in [5.74, 6) is 4.74. The second kappa shape index (κ2) is 15.3. The Kier molecular flexibility index (Phi) is 11.1. The highest BCUT2D eigenvalue weighted by molar-refractivity contribution is 8.00. The van der Waals surface area contributed by atoms with Crippen LogP contribution < -0.4 is 20.1 Å². The maximum Gasteiger partial charge on any atom is 0.419 e. The summed E-state index contributed by atoms with van der Waals surface area (Å²) < 4.78 is 82.9. The van der Waals surface area contributed by atoms with Crippen molar-refractivity contribution in [2.24, 2.45) is 0 Å².